The van der Waals surface area contributed by atoms with Gasteiger partial charge in [0.1, 0.15) is 12.2 Å². The monoisotopic (exact) mass is 618 g/mol. The topological polar surface area (TPSA) is 81.5 Å². The maximum Gasteiger partial charge on any atom is 0.310 e. The summed E-state index contributed by atoms with van der Waals surface area (Å²) >= 11 is 1.21. The van der Waals surface area contributed by atoms with Gasteiger partial charge in [-0.25, -0.2) is 0 Å². The summed E-state index contributed by atoms with van der Waals surface area (Å²) in [6.07, 6.45) is 17.1. The number of likely N-dealkylation sites (N-methyl/N-ethyl adjacent to an activating group) is 1. The molecule has 3 rings (SSSR count). The summed E-state index contributed by atoms with van der Waals surface area (Å²) in [7, 11) is 3.21. The zero-order valence-electron chi connectivity index (χ0n) is 28.0. The molecule has 0 spiro atoms. The first-order valence-electron chi connectivity index (χ1n) is 16.7. The Bertz CT molecular complexity index is 998. The fourth-order valence-corrected chi connectivity index (χ4v) is 5.83. The number of aromatic nitrogens is 2. The van der Waals surface area contributed by atoms with E-state index in [9.17, 15) is 4.79 Å². The van der Waals surface area contributed by atoms with Gasteiger partial charge in [-0.15, -0.1) is 4.37 Å². The molecule has 0 bridgehead atoms. The second kappa shape index (κ2) is 24.1. The van der Waals surface area contributed by atoms with Crippen LogP contribution in [0.3, 0.4) is 0 Å². The zero-order valence-corrected chi connectivity index (χ0v) is 28.8. The molecule has 2 unspecified atom stereocenters. The zero-order chi connectivity index (χ0) is 31.8. The number of hydrogen-bond donors (Lipinski definition) is 1. The summed E-state index contributed by atoms with van der Waals surface area (Å²) in [5.41, 5.74) is 3.18. The molecule has 1 N–H and O–H groups in total. The Hall–Kier alpha value is -2.29. The number of carbonyl (C=O) groups is 1. The minimum Gasteiger partial charge on any atom is -0.475 e. The Morgan fingerprint density at radius 3 is 2.23 bits per heavy atom. The van der Waals surface area contributed by atoms with E-state index in [4.69, 9.17) is 14.6 Å². The lowest BCUT2D eigenvalue weighted by Gasteiger charge is -2.42. The van der Waals surface area contributed by atoms with Crippen molar-refractivity contribution in [2.75, 3.05) is 33.9 Å². The molecular weight excluding hydrogens is 558 g/mol. The van der Waals surface area contributed by atoms with E-state index < -0.39 is 0 Å². The molecule has 0 aliphatic carbocycles. The number of aliphatic hydroxyl groups excluding tert-OH is 1. The number of esters is 1. The van der Waals surface area contributed by atoms with Crippen molar-refractivity contribution in [2.45, 2.75) is 124 Å². The molecule has 244 valence electrons. The summed E-state index contributed by atoms with van der Waals surface area (Å²) in [4.78, 5) is 13.0. The van der Waals surface area contributed by atoms with E-state index in [1.165, 1.54) is 68.7 Å². The van der Waals surface area contributed by atoms with E-state index in [1.807, 2.05) is 19.9 Å². The highest BCUT2D eigenvalue weighted by Gasteiger charge is 2.39. The van der Waals surface area contributed by atoms with Gasteiger partial charge in [0.15, 0.2) is 0 Å². The predicted octanol–water partition coefficient (Wildman–Crippen LogP) is 8.62. The summed E-state index contributed by atoms with van der Waals surface area (Å²) in [5, 5.41) is 7.00. The molecule has 1 aliphatic heterocycles. The molecule has 0 saturated carbocycles. The van der Waals surface area contributed by atoms with Gasteiger partial charge in [-0.1, -0.05) is 122 Å². The van der Waals surface area contributed by atoms with Crippen LogP contribution in [0.15, 0.2) is 36.4 Å². The minimum atomic E-state index is -0.252. The molecule has 2 aromatic rings. The van der Waals surface area contributed by atoms with Crippen LogP contribution in [-0.4, -0.2) is 64.4 Å². The number of unbranched alkanes of at least 4 members (excludes halogenated alkanes) is 9. The van der Waals surface area contributed by atoms with Gasteiger partial charge >= 0.3 is 5.97 Å². The van der Waals surface area contributed by atoms with Gasteiger partial charge in [0.05, 0.1) is 38.3 Å². The van der Waals surface area contributed by atoms with E-state index in [0.29, 0.717) is 29.8 Å². The molecule has 0 radical (unpaired) electrons. The Labute approximate surface area is 266 Å². The first kappa shape index (κ1) is 38.7. The fourth-order valence-electron chi connectivity index (χ4n) is 5.29. The Morgan fingerprint density at radius 2 is 1.56 bits per heavy atom. The lowest BCUT2D eigenvalue weighted by molar-refractivity contribution is -0.946. The van der Waals surface area contributed by atoms with Crippen LogP contribution in [-0.2, 0) is 16.0 Å². The van der Waals surface area contributed by atoms with Gasteiger partial charge in [0.2, 0.25) is 6.23 Å². The van der Waals surface area contributed by atoms with Gasteiger partial charge in [0.25, 0.3) is 5.88 Å². The smallest absolute Gasteiger partial charge is 0.310 e. The number of ether oxygens (including phenoxy) is 2. The third-order valence-electron chi connectivity index (χ3n) is 7.76. The van der Waals surface area contributed by atoms with Gasteiger partial charge in [-0.05, 0) is 18.4 Å². The number of nitrogens with zero attached hydrogens (tertiary/aromatic N) is 3. The largest absolute Gasteiger partial charge is 0.475 e. The normalized spacial score (nSPS) is 16.6. The van der Waals surface area contributed by atoms with Crippen LogP contribution in [0.2, 0.25) is 0 Å². The highest BCUT2D eigenvalue weighted by atomic mass is 32.1. The number of quaternary nitrogens is 1. The molecule has 1 aromatic carbocycles. The van der Waals surface area contributed by atoms with Gasteiger partial charge in [0, 0.05) is 25.5 Å². The van der Waals surface area contributed by atoms with E-state index in [1.54, 1.807) is 0 Å². The maximum absolute atomic E-state index is 13.0. The second-order valence-corrected chi connectivity index (χ2v) is 11.7. The van der Waals surface area contributed by atoms with Crippen molar-refractivity contribution in [1.82, 2.24) is 8.75 Å². The maximum atomic E-state index is 13.0. The number of benzene rings is 1. The summed E-state index contributed by atoms with van der Waals surface area (Å²) in [6.45, 7) is 10.8. The molecule has 1 aromatic heterocycles. The molecule has 0 amide bonds. The van der Waals surface area contributed by atoms with Crippen LogP contribution < -0.4 is 4.74 Å². The van der Waals surface area contributed by atoms with Crippen LogP contribution in [0, 0.1) is 0 Å². The van der Waals surface area contributed by atoms with E-state index >= 15 is 0 Å². The lowest BCUT2D eigenvalue weighted by atomic mass is 10.0. The van der Waals surface area contributed by atoms with Crippen LogP contribution in [0.1, 0.15) is 122 Å². The van der Waals surface area contributed by atoms with Gasteiger partial charge in [-0.3, -0.25) is 9.28 Å². The number of carbonyl (C=O) groups excluding carboxylic acids is 1. The van der Waals surface area contributed by atoms with Crippen molar-refractivity contribution in [3.63, 3.8) is 0 Å². The summed E-state index contributed by atoms with van der Waals surface area (Å²) < 4.78 is 22.1. The molecule has 0 saturated heterocycles. The highest BCUT2D eigenvalue weighted by molar-refractivity contribution is 6.99. The number of rotatable bonds is 19. The van der Waals surface area contributed by atoms with Crippen LogP contribution in [0.5, 0.6) is 5.88 Å². The fraction of sp³-hybridized carbons (Fsp3) is 0.686. The van der Waals surface area contributed by atoms with Gasteiger partial charge < -0.3 is 14.6 Å². The van der Waals surface area contributed by atoms with Crippen molar-refractivity contribution in [3.05, 3.63) is 47.7 Å². The number of aliphatic hydroxyl groups is 1. The molecule has 7 nitrogen and oxygen atoms in total. The van der Waals surface area contributed by atoms with Crippen molar-refractivity contribution < 1.29 is 23.9 Å². The molecule has 2 atom stereocenters. The molecule has 2 heterocycles. The number of hydrogen-bond acceptors (Lipinski definition) is 7. The standard InChI is InChI=1S/C32H50N3O3S.C2H6.CH4O/c1-4-6-8-10-11-12-16-22-30(36)38-29(25-27-19-14-13-15-20-27)35(3)23-18-21-28(26-35)31-32(34-39-33-31)37-24-17-9-7-5-2;2*1-2/h13-15,19-21,29H,4-12,16-18,22-26H2,1-3H3;1-2H3;2H,1H3/q+1;;. The summed E-state index contributed by atoms with van der Waals surface area (Å²) in [6, 6.07) is 10.4. The van der Waals surface area contributed by atoms with Crippen LogP contribution in [0.25, 0.3) is 5.57 Å². The second-order valence-electron chi connectivity index (χ2n) is 11.2. The van der Waals surface area contributed by atoms with Crippen LogP contribution in [0.4, 0.5) is 0 Å². The minimum absolute atomic E-state index is 0.0774. The quantitative estimate of drug-likeness (QED) is 0.0964. The van der Waals surface area contributed by atoms with Crippen molar-refractivity contribution in [2.24, 2.45) is 0 Å². The molecule has 0 fully saturated rings. The Kier molecular flexibility index (Phi) is 21.7. The van der Waals surface area contributed by atoms with Crippen molar-refractivity contribution >= 4 is 23.3 Å². The molecule has 43 heavy (non-hydrogen) atoms. The average Bonchev–Trinajstić information content (AvgIpc) is 3.51. The van der Waals surface area contributed by atoms with Crippen molar-refractivity contribution in [1.29, 1.82) is 0 Å². The first-order chi connectivity index (χ1) is 21.1. The van der Waals surface area contributed by atoms with E-state index in [-0.39, 0.29) is 12.2 Å². The first-order valence-corrected chi connectivity index (χ1v) is 17.5. The molecule has 1 aliphatic rings. The van der Waals surface area contributed by atoms with Crippen LogP contribution >= 0.6 is 11.7 Å². The SMILES string of the molecule is CC.CCCCCCCCCC(=O)OC(Cc1ccccc1)[N+]1(C)CCC=C(c2nsnc2OCCCCCC)C1.CO. The average molecular weight is 619 g/mol. The lowest BCUT2D eigenvalue weighted by Crippen LogP contribution is -2.57. The summed E-state index contributed by atoms with van der Waals surface area (Å²) in [5.74, 6) is 0.568. The highest BCUT2D eigenvalue weighted by Crippen LogP contribution is 2.32. The van der Waals surface area contributed by atoms with Gasteiger partial charge in [-0.2, -0.15) is 4.37 Å². The third-order valence-corrected chi connectivity index (χ3v) is 8.27. The Balaban J connectivity index is 0.00000221. The molecular formula is C35H60N3O4S+. The predicted molar refractivity (Wildman–Crippen MR) is 180 cm³/mol. The van der Waals surface area contributed by atoms with E-state index in [2.05, 4.69) is 60.0 Å². The molecule has 8 heteroatoms. The van der Waals surface area contributed by atoms with E-state index in [0.717, 1.165) is 57.1 Å². The third kappa shape index (κ3) is 14.8. The Morgan fingerprint density at radius 1 is 0.930 bits per heavy atom. The van der Waals surface area contributed by atoms with Crippen molar-refractivity contribution in [3.8, 4) is 5.88 Å².